The molecule has 0 amide bonds. The number of likely N-dealkylation sites (N-methyl/N-ethyl adjacent to an activating group) is 1. The van der Waals surface area contributed by atoms with Gasteiger partial charge in [0.25, 0.3) is 0 Å². The quantitative estimate of drug-likeness (QED) is 0.881. The molecule has 1 aromatic carbocycles. The van der Waals surface area contributed by atoms with Crippen molar-refractivity contribution >= 4 is 17.6 Å². The first kappa shape index (κ1) is 14.5. The Balaban J connectivity index is 2.08. The molecular formula is C13H14ClN3O3. The molecule has 1 N–H and O–H groups in total. The molecule has 0 bridgehead atoms. The molecule has 0 fully saturated rings. The van der Waals surface area contributed by atoms with Crippen LogP contribution in [0.25, 0.3) is 11.4 Å². The molecule has 0 spiro atoms. The molecule has 106 valence electrons. The van der Waals surface area contributed by atoms with Gasteiger partial charge in [0.1, 0.15) is 0 Å². The van der Waals surface area contributed by atoms with Crippen LogP contribution in [0.2, 0.25) is 5.02 Å². The summed E-state index contributed by atoms with van der Waals surface area (Å²) >= 11 is 5.81. The first-order valence-corrected chi connectivity index (χ1v) is 6.49. The minimum atomic E-state index is -0.885. The Bertz CT molecular complexity index is 583. The molecule has 1 heterocycles. The lowest BCUT2D eigenvalue weighted by atomic mass is 10.2. The first-order valence-electron chi connectivity index (χ1n) is 6.11. The van der Waals surface area contributed by atoms with Gasteiger partial charge in [-0.25, -0.2) is 0 Å². The smallest absolute Gasteiger partial charge is 0.317 e. The van der Waals surface area contributed by atoms with E-state index < -0.39 is 5.97 Å². The van der Waals surface area contributed by atoms with E-state index in [1.165, 1.54) is 0 Å². The van der Waals surface area contributed by atoms with Gasteiger partial charge < -0.3 is 9.63 Å². The zero-order chi connectivity index (χ0) is 14.5. The second-order valence-electron chi connectivity index (χ2n) is 4.22. The number of aliphatic carboxylic acids is 1. The van der Waals surface area contributed by atoms with Crippen LogP contribution in [0.5, 0.6) is 0 Å². The van der Waals surface area contributed by atoms with Crippen molar-refractivity contribution < 1.29 is 14.4 Å². The third-order valence-corrected chi connectivity index (χ3v) is 2.99. The fourth-order valence-corrected chi connectivity index (χ4v) is 1.82. The van der Waals surface area contributed by atoms with Crippen LogP contribution in [0.1, 0.15) is 12.8 Å². The summed E-state index contributed by atoms with van der Waals surface area (Å²) in [6, 6.07) is 7.09. The largest absolute Gasteiger partial charge is 0.480 e. The normalized spacial score (nSPS) is 10.9. The second kappa shape index (κ2) is 6.49. The van der Waals surface area contributed by atoms with Crippen LogP contribution in [0, 0.1) is 0 Å². The number of hydrogen-bond acceptors (Lipinski definition) is 5. The van der Waals surface area contributed by atoms with Crippen LogP contribution < -0.4 is 0 Å². The van der Waals surface area contributed by atoms with Gasteiger partial charge in [0.15, 0.2) is 0 Å². The highest BCUT2D eigenvalue weighted by molar-refractivity contribution is 6.30. The maximum atomic E-state index is 10.7. The third kappa shape index (κ3) is 3.79. The number of benzene rings is 1. The molecule has 2 rings (SSSR count). The molecule has 6 nitrogen and oxygen atoms in total. The standard InChI is InChI=1S/C13H14ClN3O3/c1-2-17(8-12(18)19)7-11-15-13(16-20-11)9-3-5-10(14)6-4-9/h3-6H,2,7-8H2,1H3,(H,18,19). The number of hydrogen-bond donors (Lipinski definition) is 1. The SMILES string of the molecule is CCN(CC(=O)O)Cc1nc(-c2ccc(Cl)cc2)no1. The van der Waals surface area contributed by atoms with Crippen molar-refractivity contribution in [2.45, 2.75) is 13.5 Å². The molecule has 0 radical (unpaired) electrons. The number of rotatable bonds is 6. The van der Waals surface area contributed by atoms with Crippen LogP contribution in [-0.2, 0) is 11.3 Å². The lowest BCUT2D eigenvalue weighted by Crippen LogP contribution is -2.29. The van der Waals surface area contributed by atoms with E-state index in [1.54, 1.807) is 29.2 Å². The van der Waals surface area contributed by atoms with E-state index >= 15 is 0 Å². The summed E-state index contributed by atoms with van der Waals surface area (Å²) in [7, 11) is 0. The lowest BCUT2D eigenvalue weighted by molar-refractivity contribution is -0.138. The first-order chi connectivity index (χ1) is 9.58. The minimum Gasteiger partial charge on any atom is -0.480 e. The average Bonchev–Trinajstić information content (AvgIpc) is 2.87. The number of carbonyl (C=O) groups is 1. The van der Waals surface area contributed by atoms with Crippen molar-refractivity contribution in [3.63, 3.8) is 0 Å². The molecule has 0 aliphatic rings. The van der Waals surface area contributed by atoms with Gasteiger partial charge in [-0.05, 0) is 30.8 Å². The molecule has 1 aromatic heterocycles. The van der Waals surface area contributed by atoms with Crippen molar-refractivity contribution in [2.75, 3.05) is 13.1 Å². The minimum absolute atomic E-state index is 0.0604. The van der Waals surface area contributed by atoms with Crippen LogP contribution in [0.3, 0.4) is 0 Å². The van der Waals surface area contributed by atoms with Crippen LogP contribution >= 0.6 is 11.6 Å². The van der Waals surface area contributed by atoms with E-state index in [0.29, 0.717) is 29.8 Å². The summed E-state index contributed by atoms with van der Waals surface area (Å²) in [6.07, 6.45) is 0. The van der Waals surface area contributed by atoms with Gasteiger partial charge in [-0.3, -0.25) is 9.69 Å². The lowest BCUT2D eigenvalue weighted by Gasteiger charge is -2.14. The predicted molar refractivity (Wildman–Crippen MR) is 73.3 cm³/mol. The Morgan fingerprint density at radius 3 is 2.70 bits per heavy atom. The summed E-state index contributed by atoms with van der Waals surface area (Å²) in [5.41, 5.74) is 0.797. The van der Waals surface area contributed by atoms with Gasteiger partial charge in [0.2, 0.25) is 11.7 Å². The molecule has 0 unspecified atom stereocenters. The van der Waals surface area contributed by atoms with E-state index in [2.05, 4.69) is 10.1 Å². The fraction of sp³-hybridized carbons (Fsp3) is 0.308. The summed E-state index contributed by atoms with van der Waals surface area (Å²) in [4.78, 5) is 16.6. The van der Waals surface area contributed by atoms with Gasteiger partial charge in [-0.2, -0.15) is 4.98 Å². The number of carboxylic acid groups (broad SMARTS) is 1. The highest BCUT2D eigenvalue weighted by Crippen LogP contribution is 2.19. The summed E-state index contributed by atoms with van der Waals surface area (Å²) in [6.45, 7) is 2.71. The van der Waals surface area contributed by atoms with E-state index in [9.17, 15) is 4.79 Å². The topological polar surface area (TPSA) is 79.5 Å². The van der Waals surface area contributed by atoms with Crippen LogP contribution in [-0.4, -0.2) is 39.2 Å². The third-order valence-electron chi connectivity index (χ3n) is 2.74. The summed E-state index contributed by atoms with van der Waals surface area (Å²) < 4.78 is 5.13. The highest BCUT2D eigenvalue weighted by atomic mass is 35.5. The van der Waals surface area contributed by atoms with E-state index in [0.717, 1.165) is 5.56 Å². The Morgan fingerprint density at radius 1 is 1.40 bits per heavy atom. The van der Waals surface area contributed by atoms with Gasteiger partial charge in [0, 0.05) is 10.6 Å². The van der Waals surface area contributed by atoms with Gasteiger partial charge in [-0.1, -0.05) is 23.7 Å². The van der Waals surface area contributed by atoms with Crippen molar-refractivity contribution in [1.82, 2.24) is 15.0 Å². The molecule has 0 saturated heterocycles. The van der Waals surface area contributed by atoms with Crippen LogP contribution in [0.4, 0.5) is 0 Å². The molecule has 0 atom stereocenters. The molecular weight excluding hydrogens is 282 g/mol. The van der Waals surface area contributed by atoms with E-state index in [1.807, 2.05) is 6.92 Å². The zero-order valence-corrected chi connectivity index (χ0v) is 11.7. The Hall–Kier alpha value is -1.92. The highest BCUT2D eigenvalue weighted by Gasteiger charge is 2.14. The van der Waals surface area contributed by atoms with Crippen molar-refractivity contribution in [3.05, 3.63) is 35.2 Å². The Kier molecular flexibility index (Phi) is 4.70. The Labute approximate surface area is 121 Å². The van der Waals surface area contributed by atoms with Gasteiger partial charge in [0.05, 0.1) is 13.1 Å². The monoisotopic (exact) mass is 295 g/mol. The molecule has 2 aromatic rings. The van der Waals surface area contributed by atoms with Crippen molar-refractivity contribution in [1.29, 1.82) is 0 Å². The molecule has 0 aliphatic carbocycles. The zero-order valence-electron chi connectivity index (χ0n) is 10.9. The molecule has 0 aliphatic heterocycles. The summed E-state index contributed by atoms with van der Waals surface area (Å²) in [5, 5.41) is 13.3. The average molecular weight is 296 g/mol. The van der Waals surface area contributed by atoms with Gasteiger partial charge >= 0.3 is 5.97 Å². The maximum absolute atomic E-state index is 10.7. The maximum Gasteiger partial charge on any atom is 0.317 e. The number of nitrogens with zero attached hydrogens (tertiary/aromatic N) is 3. The Morgan fingerprint density at radius 2 is 2.10 bits per heavy atom. The second-order valence-corrected chi connectivity index (χ2v) is 4.65. The van der Waals surface area contributed by atoms with Crippen molar-refractivity contribution in [3.8, 4) is 11.4 Å². The molecule has 20 heavy (non-hydrogen) atoms. The molecule has 7 heteroatoms. The fourth-order valence-electron chi connectivity index (χ4n) is 1.70. The molecule has 0 saturated carbocycles. The number of carboxylic acids is 1. The van der Waals surface area contributed by atoms with Crippen molar-refractivity contribution in [2.24, 2.45) is 0 Å². The van der Waals surface area contributed by atoms with Crippen LogP contribution in [0.15, 0.2) is 28.8 Å². The summed E-state index contributed by atoms with van der Waals surface area (Å²) in [5.74, 6) is -0.0367. The van der Waals surface area contributed by atoms with E-state index in [4.69, 9.17) is 21.2 Å². The number of halogens is 1. The predicted octanol–water partition coefficient (Wildman–Crippen LogP) is 2.30. The van der Waals surface area contributed by atoms with E-state index in [-0.39, 0.29) is 6.54 Å². The van der Waals surface area contributed by atoms with Gasteiger partial charge in [-0.15, -0.1) is 0 Å². The number of aromatic nitrogens is 2.